The Balaban J connectivity index is 2.58. The molecule has 1 rings (SSSR count). The third-order valence-electron chi connectivity index (χ3n) is 3.20. The molecule has 0 radical (unpaired) electrons. The fourth-order valence-corrected chi connectivity index (χ4v) is 2.42. The van der Waals surface area contributed by atoms with E-state index in [1.165, 1.54) is 25.8 Å². The van der Waals surface area contributed by atoms with E-state index in [0.29, 0.717) is 12.1 Å². The van der Waals surface area contributed by atoms with Crippen LogP contribution >= 0.6 is 0 Å². The maximum atomic E-state index is 5.61. The summed E-state index contributed by atoms with van der Waals surface area (Å²) in [6.45, 7) is 7.83. The highest BCUT2D eigenvalue weighted by atomic mass is 15.2. The van der Waals surface area contributed by atoms with Gasteiger partial charge in [-0.1, -0.05) is 19.8 Å². The number of hydrogen-bond donors (Lipinski definition) is 1. The van der Waals surface area contributed by atoms with Gasteiger partial charge in [0, 0.05) is 12.6 Å². The predicted molar refractivity (Wildman–Crippen MR) is 65.8 cm³/mol. The largest absolute Gasteiger partial charge is 0.315 e. The number of nitrogens with one attached hydrogen (secondary N) is 1. The Kier molecular flexibility index (Phi) is 5.75. The topological polar surface area (TPSA) is 15.3 Å². The zero-order valence-corrected chi connectivity index (χ0v) is 10.1. The molecule has 0 aromatic carbocycles. The molecule has 15 heavy (non-hydrogen) atoms. The van der Waals surface area contributed by atoms with Crippen molar-refractivity contribution in [3.63, 3.8) is 0 Å². The lowest BCUT2D eigenvalue weighted by atomic mass is 10.0. The van der Waals surface area contributed by atoms with Crippen molar-refractivity contribution < 1.29 is 0 Å². The van der Waals surface area contributed by atoms with Crippen LogP contribution in [-0.2, 0) is 0 Å². The molecule has 1 heterocycles. The molecule has 1 fully saturated rings. The fraction of sp³-hybridized carbons (Fsp3) is 0.846. The van der Waals surface area contributed by atoms with Crippen LogP contribution in [0.25, 0.3) is 0 Å². The summed E-state index contributed by atoms with van der Waals surface area (Å²) in [5.74, 6) is 2.93. The van der Waals surface area contributed by atoms with Gasteiger partial charge in [0.1, 0.15) is 0 Å². The molecule has 1 N–H and O–H groups in total. The normalized spacial score (nSPS) is 23.7. The smallest absolute Gasteiger partial charge is 0.0712 e. The van der Waals surface area contributed by atoms with Crippen LogP contribution in [0, 0.1) is 12.3 Å². The minimum Gasteiger partial charge on any atom is -0.315 e. The molecule has 86 valence electrons. The molecular formula is C13H24N2. The molecule has 1 aliphatic rings. The molecule has 0 bridgehead atoms. The number of hydrogen-bond acceptors (Lipinski definition) is 2. The number of terminal acetylenes is 1. The highest BCUT2D eigenvalue weighted by molar-refractivity contribution is 5.01. The Morgan fingerprint density at radius 1 is 1.53 bits per heavy atom. The van der Waals surface area contributed by atoms with E-state index < -0.39 is 0 Å². The second-order valence-electron chi connectivity index (χ2n) is 4.33. The van der Waals surface area contributed by atoms with Gasteiger partial charge in [-0.15, -0.1) is 6.42 Å². The molecule has 2 unspecified atom stereocenters. The van der Waals surface area contributed by atoms with E-state index in [4.69, 9.17) is 6.42 Å². The van der Waals surface area contributed by atoms with Crippen LogP contribution < -0.4 is 5.32 Å². The van der Waals surface area contributed by atoms with Crippen LogP contribution in [0.1, 0.15) is 39.5 Å². The van der Waals surface area contributed by atoms with E-state index in [9.17, 15) is 0 Å². The molecule has 0 amide bonds. The molecule has 2 nitrogen and oxygen atoms in total. The van der Waals surface area contributed by atoms with E-state index in [1.807, 2.05) is 0 Å². The number of piperidine rings is 1. The first-order valence-corrected chi connectivity index (χ1v) is 6.26. The number of rotatable bonds is 5. The minimum absolute atomic E-state index is 0.329. The van der Waals surface area contributed by atoms with Crippen molar-refractivity contribution in [2.24, 2.45) is 0 Å². The molecule has 0 aliphatic carbocycles. The molecule has 1 saturated heterocycles. The second-order valence-corrected chi connectivity index (χ2v) is 4.33. The van der Waals surface area contributed by atoms with Crippen molar-refractivity contribution in [1.82, 2.24) is 10.2 Å². The highest BCUT2D eigenvalue weighted by Gasteiger charge is 2.24. The zero-order chi connectivity index (χ0) is 11.1. The van der Waals surface area contributed by atoms with Crippen LogP contribution in [0.2, 0.25) is 0 Å². The van der Waals surface area contributed by atoms with Crippen molar-refractivity contribution in [3.8, 4) is 12.3 Å². The standard InChI is InChI=1S/C13H24N2/c1-4-10-15(12(5-2)6-3)13-8-7-9-14-11-13/h2,12-14H,4,6-11H2,1,3H3. The second kappa shape index (κ2) is 6.87. The molecule has 0 aromatic rings. The quantitative estimate of drug-likeness (QED) is 0.694. The van der Waals surface area contributed by atoms with Crippen molar-refractivity contribution >= 4 is 0 Å². The van der Waals surface area contributed by atoms with Crippen LogP contribution in [-0.4, -0.2) is 36.6 Å². The third kappa shape index (κ3) is 3.52. The summed E-state index contributed by atoms with van der Waals surface area (Å²) in [5.41, 5.74) is 0. The summed E-state index contributed by atoms with van der Waals surface area (Å²) < 4.78 is 0. The Morgan fingerprint density at radius 3 is 2.80 bits per heavy atom. The van der Waals surface area contributed by atoms with E-state index >= 15 is 0 Å². The summed E-state index contributed by atoms with van der Waals surface area (Å²) in [6, 6.07) is 0.981. The summed E-state index contributed by atoms with van der Waals surface area (Å²) >= 11 is 0. The van der Waals surface area contributed by atoms with E-state index in [1.54, 1.807) is 0 Å². The molecule has 0 spiro atoms. The highest BCUT2D eigenvalue weighted by Crippen LogP contribution is 2.15. The monoisotopic (exact) mass is 208 g/mol. The molecule has 2 heteroatoms. The Hall–Kier alpha value is -0.520. The van der Waals surface area contributed by atoms with Gasteiger partial charge in [0.2, 0.25) is 0 Å². The number of nitrogens with zero attached hydrogens (tertiary/aromatic N) is 1. The molecule has 0 saturated carbocycles. The van der Waals surface area contributed by atoms with Crippen LogP contribution in [0.4, 0.5) is 0 Å². The predicted octanol–water partition coefficient (Wildman–Crippen LogP) is 1.86. The summed E-state index contributed by atoms with van der Waals surface area (Å²) in [4.78, 5) is 2.52. The summed E-state index contributed by atoms with van der Waals surface area (Å²) in [7, 11) is 0. The maximum absolute atomic E-state index is 5.61. The van der Waals surface area contributed by atoms with Gasteiger partial charge >= 0.3 is 0 Å². The third-order valence-corrected chi connectivity index (χ3v) is 3.20. The maximum Gasteiger partial charge on any atom is 0.0712 e. The molecule has 1 aliphatic heterocycles. The van der Waals surface area contributed by atoms with Gasteiger partial charge in [0.05, 0.1) is 6.04 Å². The molecule has 2 atom stereocenters. The van der Waals surface area contributed by atoms with Crippen molar-refractivity contribution in [3.05, 3.63) is 0 Å². The van der Waals surface area contributed by atoms with Crippen LogP contribution in [0.3, 0.4) is 0 Å². The lowest BCUT2D eigenvalue weighted by Crippen LogP contribution is -2.50. The van der Waals surface area contributed by atoms with Gasteiger partial charge in [-0.25, -0.2) is 0 Å². The Bertz CT molecular complexity index is 201. The Labute approximate surface area is 94.4 Å². The van der Waals surface area contributed by atoms with Gasteiger partial charge < -0.3 is 5.32 Å². The Morgan fingerprint density at radius 2 is 2.33 bits per heavy atom. The first-order valence-electron chi connectivity index (χ1n) is 6.26. The molecular weight excluding hydrogens is 184 g/mol. The van der Waals surface area contributed by atoms with E-state index in [2.05, 4.69) is 30.0 Å². The minimum atomic E-state index is 0.329. The molecule has 0 aromatic heterocycles. The first kappa shape index (κ1) is 12.5. The van der Waals surface area contributed by atoms with Crippen molar-refractivity contribution in [2.45, 2.75) is 51.6 Å². The average Bonchev–Trinajstić information content (AvgIpc) is 2.30. The van der Waals surface area contributed by atoms with E-state index in [0.717, 1.165) is 19.5 Å². The van der Waals surface area contributed by atoms with Gasteiger partial charge in [0.25, 0.3) is 0 Å². The first-order chi connectivity index (χ1) is 7.33. The van der Waals surface area contributed by atoms with Crippen molar-refractivity contribution in [2.75, 3.05) is 19.6 Å². The van der Waals surface area contributed by atoms with Gasteiger partial charge in [-0.05, 0) is 38.8 Å². The van der Waals surface area contributed by atoms with Gasteiger partial charge in [-0.2, -0.15) is 0 Å². The van der Waals surface area contributed by atoms with Crippen molar-refractivity contribution in [1.29, 1.82) is 0 Å². The van der Waals surface area contributed by atoms with Crippen LogP contribution in [0.15, 0.2) is 0 Å². The zero-order valence-electron chi connectivity index (χ0n) is 10.1. The van der Waals surface area contributed by atoms with Crippen LogP contribution in [0.5, 0.6) is 0 Å². The van der Waals surface area contributed by atoms with Gasteiger partial charge in [0.15, 0.2) is 0 Å². The SMILES string of the molecule is C#CC(CC)N(CCC)C1CCCNC1. The lowest BCUT2D eigenvalue weighted by molar-refractivity contribution is 0.136. The average molecular weight is 208 g/mol. The van der Waals surface area contributed by atoms with E-state index in [-0.39, 0.29) is 0 Å². The van der Waals surface area contributed by atoms with Gasteiger partial charge in [-0.3, -0.25) is 4.90 Å². The summed E-state index contributed by atoms with van der Waals surface area (Å²) in [5, 5.41) is 3.47. The fourth-order valence-electron chi connectivity index (χ4n) is 2.42. The lowest BCUT2D eigenvalue weighted by Gasteiger charge is -2.37. The summed E-state index contributed by atoms with van der Waals surface area (Å²) in [6.07, 6.45) is 10.4.